The van der Waals surface area contributed by atoms with Crippen molar-refractivity contribution in [2.24, 2.45) is 0 Å². The van der Waals surface area contributed by atoms with Crippen LogP contribution in [0.3, 0.4) is 0 Å². The number of anilines is 1. The standard InChI is InChI=1S/C18H17ClF3N5O2S/c1-9-17(30(2,23)28)27-16(25-9)15(10-3-5-13(20)12(19)7-10)26-14-6-4-11(8-24-14)29-18(21)22/h3-8,15,18,23H,1-2H3,(H,24,26)(H,25,27). The van der Waals surface area contributed by atoms with E-state index in [9.17, 15) is 17.4 Å². The fourth-order valence-corrected chi connectivity index (χ4v) is 3.87. The van der Waals surface area contributed by atoms with E-state index in [0.29, 0.717) is 17.1 Å². The fraction of sp³-hybridized carbons (Fsp3) is 0.222. The molecule has 0 amide bonds. The monoisotopic (exact) mass is 459 g/mol. The number of benzene rings is 1. The van der Waals surface area contributed by atoms with E-state index < -0.39 is 28.2 Å². The Balaban J connectivity index is 2.01. The molecule has 0 saturated carbocycles. The summed E-state index contributed by atoms with van der Waals surface area (Å²) in [6.45, 7) is -1.34. The number of hydrogen-bond donors (Lipinski definition) is 3. The number of ether oxygens (including phenoxy) is 1. The maximum Gasteiger partial charge on any atom is 0.387 e. The van der Waals surface area contributed by atoms with Crippen LogP contribution in [0.5, 0.6) is 5.75 Å². The van der Waals surface area contributed by atoms with Crippen molar-refractivity contribution in [1.82, 2.24) is 15.0 Å². The Morgan fingerprint density at radius 3 is 2.57 bits per heavy atom. The van der Waals surface area contributed by atoms with Gasteiger partial charge in [-0.25, -0.2) is 23.3 Å². The number of nitrogens with one attached hydrogen (secondary N) is 3. The molecule has 2 heterocycles. The van der Waals surface area contributed by atoms with Gasteiger partial charge in [0.1, 0.15) is 29.3 Å². The van der Waals surface area contributed by atoms with E-state index in [4.69, 9.17) is 16.4 Å². The van der Waals surface area contributed by atoms with Gasteiger partial charge in [0.25, 0.3) is 0 Å². The van der Waals surface area contributed by atoms with Gasteiger partial charge in [0, 0.05) is 11.9 Å². The van der Waals surface area contributed by atoms with Crippen LogP contribution in [0, 0.1) is 17.5 Å². The molecule has 3 rings (SSSR count). The van der Waals surface area contributed by atoms with Crippen LogP contribution >= 0.6 is 11.6 Å². The Bertz CT molecular complexity index is 1150. The summed E-state index contributed by atoms with van der Waals surface area (Å²) >= 11 is 5.91. The molecule has 0 radical (unpaired) electrons. The number of rotatable bonds is 7. The molecule has 3 aromatic rings. The molecule has 160 valence electrons. The molecule has 3 N–H and O–H groups in total. The van der Waals surface area contributed by atoms with E-state index in [2.05, 4.69) is 25.0 Å². The summed E-state index contributed by atoms with van der Waals surface area (Å²) in [5, 5.41) is 3.02. The van der Waals surface area contributed by atoms with Gasteiger partial charge in [-0.3, -0.25) is 0 Å². The topological polar surface area (TPSA) is 104 Å². The minimum absolute atomic E-state index is 0.0890. The van der Waals surface area contributed by atoms with Crippen molar-refractivity contribution in [3.05, 3.63) is 64.5 Å². The Morgan fingerprint density at radius 1 is 1.30 bits per heavy atom. The smallest absolute Gasteiger partial charge is 0.387 e. The Hall–Kier alpha value is -2.79. The number of aromatic nitrogens is 3. The third-order valence-electron chi connectivity index (χ3n) is 4.03. The molecule has 2 aromatic heterocycles. The molecule has 0 saturated heterocycles. The highest BCUT2D eigenvalue weighted by Crippen LogP contribution is 2.29. The summed E-state index contributed by atoms with van der Waals surface area (Å²) in [5.74, 6) is -0.152. The van der Waals surface area contributed by atoms with Crippen LogP contribution < -0.4 is 10.1 Å². The number of nitrogens with zero attached hydrogens (tertiary/aromatic N) is 2. The van der Waals surface area contributed by atoms with Crippen molar-refractivity contribution >= 4 is 27.1 Å². The predicted molar refractivity (Wildman–Crippen MR) is 106 cm³/mol. The van der Waals surface area contributed by atoms with Gasteiger partial charge in [0.05, 0.1) is 20.9 Å². The maximum absolute atomic E-state index is 13.6. The van der Waals surface area contributed by atoms with Crippen LogP contribution in [0.4, 0.5) is 19.0 Å². The molecular weight excluding hydrogens is 443 g/mol. The summed E-state index contributed by atoms with van der Waals surface area (Å²) < 4.78 is 62.5. The Labute approximate surface area is 175 Å². The van der Waals surface area contributed by atoms with Crippen molar-refractivity contribution in [2.75, 3.05) is 11.6 Å². The third kappa shape index (κ3) is 5.03. The zero-order valence-corrected chi connectivity index (χ0v) is 17.3. The average molecular weight is 460 g/mol. The van der Waals surface area contributed by atoms with Crippen LogP contribution in [0.2, 0.25) is 5.02 Å². The molecule has 0 aliphatic rings. The number of halogens is 4. The van der Waals surface area contributed by atoms with Gasteiger partial charge >= 0.3 is 6.61 Å². The quantitative estimate of drug-likeness (QED) is 0.473. The van der Waals surface area contributed by atoms with Crippen molar-refractivity contribution in [3.63, 3.8) is 0 Å². The largest absolute Gasteiger partial charge is 0.433 e. The number of imidazole rings is 1. The second-order valence-corrected chi connectivity index (χ2v) is 8.89. The normalized spacial score (nSPS) is 14.4. The lowest BCUT2D eigenvalue weighted by Crippen LogP contribution is -2.15. The molecular formula is C18H17ClF3N5O2S. The summed E-state index contributed by atoms with van der Waals surface area (Å²) in [5.41, 5.74) is 0.949. The van der Waals surface area contributed by atoms with Gasteiger partial charge < -0.3 is 15.0 Å². The molecule has 0 fully saturated rings. The first-order valence-corrected chi connectivity index (χ1v) is 10.8. The average Bonchev–Trinajstić information content (AvgIpc) is 3.05. The lowest BCUT2D eigenvalue weighted by atomic mass is 10.1. The minimum Gasteiger partial charge on any atom is -0.433 e. The number of pyridine rings is 1. The Kier molecular flexibility index (Phi) is 6.22. The Morgan fingerprint density at radius 2 is 2.03 bits per heavy atom. The summed E-state index contributed by atoms with van der Waals surface area (Å²) in [4.78, 5) is 11.3. The second kappa shape index (κ2) is 8.52. The van der Waals surface area contributed by atoms with Crippen LogP contribution in [-0.2, 0) is 9.73 Å². The molecule has 2 unspecified atom stereocenters. The summed E-state index contributed by atoms with van der Waals surface area (Å²) in [6, 6.07) is 6.03. The van der Waals surface area contributed by atoms with Gasteiger partial charge in [-0.15, -0.1) is 0 Å². The molecule has 0 spiro atoms. The van der Waals surface area contributed by atoms with Gasteiger partial charge in [-0.2, -0.15) is 8.78 Å². The third-order valence-corrected chi connectivity index (χ3v) is 5.46. The predicted octanol–water partition coefficient (Wildman–Crippen LogP) is 4.74. The van der Waals surface area contributed by atoms with Crippen LogP contribution in [0.15, 0.2) is 41.6 Å². The number of aromatic amines is 1. The van der Waals surface area contributed by atoms with Crippen molar-refractivity contribution in [2.45, 2.75) is 24.6 Å². The van der Waals surface area contributed by atoms with Gasteiger partial charge in [-0.05, 0) is 36.8 Å². The van der Waals surface area contributed by atoms with Crippen molar-refractivity contribution in [3.8, 4) is 5.75 Å². The van der Waals surface area contributed by atoms with Gasteiger partial charge in [0.15, 0.2) is 5.03 Å². The molecule has 0 aliphatic carbocycles. The highest BCUT2D eigenvalue weighted by molar-refractivity contribution is 7.91. The molecule has 7 nitrogen and oxygen atoms in total. The second-order valence-electron chi connectivity index (χ2n) is 6.40. The van der Waals surface area contributed by atoms with E-state index in [1.54, 1.807) is 6.92 Å². The first-order chi connectivity index (χ1) is 14.0. The lowest BCUT2D eigenvalue weighted by Gasteiger charge is -2.18. The van der Waals surface area contributed by atoms with E-state index in [1.807, 2.05) is 0 Å². The highest BCUT2D eigenvalue weighted by Gasteiger charge is 2.23. The zero-order valence-electron chi connectivity index (χ0n) is 15.7. The molecule has 30 heavy (non-hydrogen) atoms. The van der Waals surface area contributed by atoms with E-state index >= 15 is 0 Å². The highest BCUT2D eigenvalue weighted by atomic mass is 35.5. The van der Waals surface area contributed by atoms with Crippen molar-refractivity contribution < 1.29 is 22.1 Å². The van der Waals surface area contributed by atoms with Crippen LogP contribution in [0.25, 0.3) is 0 Å². The molecule has 1 aromatic carbocycles. The first kappa shape index (κ1) is 21.9. The van der Waals surface area contributed by atoms with Gasteiger partial charge in [0.2, 0.25) is 0 Å². The maximum atomic E-state index is 13.6. The molecule has 12 heteroatoms. The fourth-order valence-electron chi connectivity index (χ4n) is 2.77. The molecule has 0 aliphatic heterocycles. The first-order valence-electron chi connectivity index (χ1n) is 8.47. The number of hydrogen-bond acceptors (Lipinski definition) is 6. The number of H-pyrrole nitrogens is 1. The zero-order chi connectivity index (χ0) is 22.1. The van der Waals surface area contributed by atoms with Crippen LogP contribution in [0.1, 0.15) is 23.1 Å². The van der Waals surface area contributed by atoms with Crippen molar-refractivity contribution in [1.29, 1.82) is 4.78 Å². The lowest BCUT2D eigenvalue weighted by molar-refractivity contribution is -0.0500. The minimum atomic E-state index is -3.09. The molecule has 0 bridgehead atoms. The summed E-state index contributed by atoms with van der Waals surface area (Å²) in [7, 11) is -3.09. The molecule has 2 atom stereocenters. The van der Waals surface area contributed by atoms with Crippen LogP contribution in [-0.4, -0.2) is 32.0 Å². The number of alkyl halides is 2. The van der Waals surface area contributed by atoms with E-state index in [-0.39, 0.29) is 21.6 Å². The van der Waals surface area contributed by atoms with E-state index in [0.717, 1.165) is 6.20 Å². The SMILES string of the molecule is Cc1[nH]c(C(Nc2ccc(OC(F)F)cn2)c2ccc(F)c(Cl)c2)nc1S(C)(=N)=O. The van der Waals surface area contributed by atoms with Gasteiger partial charge in [-0.1, -0.05) is 17.7 Å². The van der Waals surface area contributed by atoms with E-state index in [1.165, 1.54) is 36.6 Å². The number of aryl methyl sites for hydroxylation is 1. The summed E-state index contributed by atoms with van der Waals surface area (Å²) in [6.07, 6.45) is 2.37.